The molecule has 11 heteroatoms. The van der Waals surface area contributed by atoms with E-state index in [1.807, 2.05) is 0 Å². The molecular weight excluding hydrogens is 530 g/mol. The van der Waals surface area contributed by atoms with Gasteiger partial charge in [0.05, 0.1) is 18.7 Å². The molecular formula is C30H39N3O8. The summed E-state index contributed by atoms with van der Waals surface area (Å²) in [5.41, 5.74) is 3.01. The first-order chi connectivity index (χ1) is 19.4. The molecule has 0 spiro atoms. The third-order valence-corrected chi connectivity index (χ3v) is 9.39. The summed E-state index contributed by atoms with van der Waals surface area (Å²) in [5.74, 6) is -6.15. The second kappa shape index (κ2) is 10.5. The number of phenols is 1. The van der Waals surface area contributed by atoms with Crippen LogP contribution in [0.3, 0.4) is 0 Å². The van der Waals surface area contributed by atoms with Crippen molar-refractivity contribution in [3.8, 4) is 11.5 Å². The van der Waals surface area contributed by atoms with Gasteiger partial charge in [-0.1, -0.05) is 13.3 Å². The van der Waals surface area contributed by atoms with Crippen LogP contribution in [0.25, 0.3) is 0 Å². The largest absolute Gasteiger partial charge is 0.510 e. The zero-order valence-electron chi connectivity index (χ0n) is 23.9. The number of ether oxygens (including phenoxy) is 1. The summed E-state index contributed by atoms with van der Waals surface area (Å²) < 4.78 is 5.91. The minimum absolute atomic E-state index is 0.00938. The number of phenolic OH excluding ortho intramolecular Hbond substituents is 1. The van der Waals surface area contributed by atoms with Crippen LogP contribution in [0.4, 0.5) is 0 Å². The van der Waals surface area contributed by atoms with Crippen LogP contribution in [0.15, 0.2) is 28.7 Å². The lowest BCUT2D eigenvalue weighted by Crippen LogP contribution is -2.63. The number of fused-ring (bicyclic) bond motifs is 3. The van der Waals surface area contributed by atoms with E-state index >= 15 is 0 Å². The van der Waals surface area contributed by atoms with Crippen LogP contribution in [0.5, 0.6) is 11.5 Å². The van der Waals surface area contributed by atoms with Crippen molar-refractivity contribution in [2.45, 2.75) is 63.1 Å². The molecule has 1 aromatic carbocycles. The summed E-state index contributed by atoms with van der Waals surface area (Å²) in [5, 5.41) is 45.4. The van der Waals surface area contributed by atoms with E-state index in [1.165, 1.54) is 12.0 Å². The Kier molecular flexibility index (Phi) is 7.42. The number of likely N-dealkylation sites (tertiary alicyclic amines) is 1. The third kappa shape index (κ3) is 4.16. The van der Waals surface area contributed by atoms with Crippen LogP contribution in [0.2, 0.25) is 0 Å². The zero-order valence-corrected chi connectivity index (χ0v) is 23.9. The number of rotatable bonds is 6. The number of carbonyl (C=O) groups excluding carboxylic acids is 3. The number of hydrogen-bond acceptors (Lipinski definition) is 10. The molecule has 1 amide bonds. The number of amides is 1. The van der Waals surface area contributed by atoms with Gasteiger partial charge in [-0.2, -0.15) is 0 Å². The lowest BCUT2D eigenvalue weighted by molar-refractivity contribution is -0.148. The van der Waals surface area contributed by atoms with Crippen molar-refractivity contribution >= 4 is 17.5 Å². The van der Waals surface area contributed by atoms with Gasteiger partial charge in [-0.25, -0.2) is 0 Å². The van der Waals surface area contributed by atoms with Gasteiger partial charge in [0, 0.05) is 28.7 Å². The first-order valence-corrected chi connectivity index (χ1v) is 14.2. The number of nitrogens with zero attached hydrogens (tertiary/aromatic N) is 2. The van der Waals surface area contributed by atoms with Crippen molar-refractivity contribution in [1.29, 1.82) is 0 Å². The van der Waals surface area contributed by atoms with Crippen LogP contribution in [0.1, 0.15) is 66.6 Å². The maximum atomic E-state index is 14.0. The van der Waals surface area contributed by atoms with Crippen LogP contribution >= 0.6 is 0 Å². The Bertz CT molecular complexity index is 1380. The molecule has 0 bridgehead atoms. The van der Waals surface area contributed by atoms with E-state index in [0.29, 0.717) is 11.3 Å². The highest BCUT2D eigenvalue weighted by Crippen LogP contribution is 2.54. The summed E-state index contributed by atoms with van der Waals surface area (Å²) in [6.45, 7) is 3.93. The van der Waals surface area contributed by atoms with Crippen molar-refractivity contribution in [3.05, 3.63) is 45.4 Å². The monoisotopic (exact) mass is 569 g/mol. The molecule has 1 aromatic rings. The molecule has 0 radical (unpaired) electrons. The van der Waals surface area contributed by atoms with E-state index in [4.69, 9.17) is 10.5 Å². The standard InChI is InChI=1S/C30H39N3O8/c1-5-9-33-10-7-6-8-18(33)15-13-19(34)21-16(26(15)41-4)11-14-12-17-23(32(2)3)25(36)22(29(31)39)28(38)30(17,40)27(37)20(14)24(21)35/h13-14,17-18,23,34,36-37,40H,5-12H2,1-4H3,(H2,31,39)/t14-,17-,18?,23-,30-/m0/s1. The molecule has 5 rings (SSSR count). The van der Waals surface area contributed by atoms with E-state index in [9.17, 15) is 34.8 Å². The molecule has 41 heavy (non-hydrogen) atoms. The normalized spacial score (nSPS) is 30.3. The molecule has 1 fully saturated rings. The number of nitrogens with two attached hydrogens (primary N) is 1. The van der Waals surface area contributed by atoms with Gasteiger partial charge in [0.1, 0.15) is 28.6 Å². The summed E-state index contributed by atoms with van der Waals surface area (Å²) in [6, 6.07) is 0.536. The van der Waals surface area contributed by atoms with Crippen molar-refractivity contribution in [2.75, 3.05) is 34.3 Å². The lowest BCUT2D eigenvalue weighted by Gasteiger charge is -2.50. The first-order valence-electron chi connectivity index (χ1n) is 14.2. The molecule has 222 valence electrons. The molecule has 0 aromatic heterocycles. The van der Waals surface area contributed by atoms with E-state index in [0.717, 1.165) is 44.3 Å². The van der Waals surface area contributed by atoms with E-state index < -0.39 is 58.0 Å². The highest BCUT2D eigenvalue weighted by Gasteiger charge is 2.63. The van der Waals surface area contributed by atoms with Crippen molar-refractivity contribution in [1.82, 2.24) is 9.80 Å². The lowest BCUT2D eigenvalue weighted by atomic mass is 9.58. The second-order valence-corrected chi connectivity index (χ2v) is 11.9. The van der Waals surface area contributed by atoms with E-state index in [-0.39, 0.29) is 35.8 Å². The van der Waals surface area contributed by atoms with Gasteiger partial charge in [0.15, 0.2) is 11.4 Å². The highest BCUT2D eigenvalue weighted by atomic mass is 16.5. The quantitative estimate of drug-likeness (QED) is 0.319. The number of aliphatic hydroxyl groups is 3. The number of Topliss-reactive ketones (excluding diaryl/α,β-unsaturated/α-hetero) is 2. The predicted molar refractivity (Wildman–Crippen MR) is 149 cm³/mol. The average Bonchev–Trinajstić information content (AvgIpc) is 2.90. The van der Waals surface area contributed by atoms with Gasteiger partial charge in [0.2, 0.25) is 5.78 Å². The van der Waals surface area contributed by atoms with E-state index in [2.05, 4.69) is 11.8 Å². The molecule has 1 aliphatic heterocycles. The molecule has 0 saturated carbocycles. The van der Waals surface area contributed by atoms with Crippen molar-refractivity contribution < 1.29 is 39.5 Å². The fraction of sp³-hybridized carbons (Fsp3) is 0.567. The summed E-state index contributed by atoms with van der Waals surface area (Å²) >= 11 is 0. The van der Waals surface area contributed by atoms with Gasteiger partial charge in [0.25, 0.3) is 5.91 Å². The number of hydrogen-bond donors (Lipinski definition) is 5. The highest BCUT2D eigenvalue weighted by molar-refractivity contribution is 6.24. The van der Waals surface area contributed by atoms with Crippen LogP contribution in [-0.4, -0.2) is 93.6 Å². The van der Waals surface area contributed by atoms with Crippen LogP contribution in [-0.2, 0) is 16.0 Å². The SMILES string of the molecule is CCCN1CCCCC1c1cc(O)c2c(c1OC)C[C@H]1C[C@H]3[C@H](N(C)C)C(O)=C(C(N)=O)C(=O)[C@@]3(O)C(O)=C1C2=O. The molecule has 1 heterocycles. The van der Waals surface area contributed by atoms with Gasteiger partial charge < -0.3 is 30.9 Å². The maximum Gasteiger partial charge on any atom is 0.255 e. The predicted octanol–water partition coefficient (Wildman–Crippen LogP) is 2.07. The maximum absolute atomic E-state index is 14.0. The van der Waals surface area contributed by atoms with Crippen molar-refractivity contribution in [2.24, 2.45) is 17.6 Å². The molecule has 4 aliphatic rings. The van der Waals surface area contributed by atoms with Crippen molar-refractivity contribution in [3.63, 3.8) is 0 Å². The van der Waals surface area contributed by atoms with Gasteiger partial charge in [-0.15, -0.1) is 0 Å². The number of likely N-dealkylation sites (N-methyl/N-ethyl adjacent to an activating group) is 1. The molecule has 11 nitrogen and oxygen atoms in total. The Balaban J connectivity index is 1.68. The molecule has 1 unspecified atom stereocenters. The Morgan fingerprint density at radius 3 is 2.54 bits per heavy atom. The molecule has 6 N–H and O–H groups in total. The Hall–Kier alpha value is -3.41. The number of allylic oxidation sites excluding steroid dienone is 1. The second-order valence-electron chi connectivity index (χ2n) is 11.9. The molecule has 5 atom stereocenters. The molecule has 3 aliphatic carbocycles. The summed E-state index contributed by atoms with van der Waals surface area (Å²) in [7, 11) is 4.74. The fourth-order valence-electron chi connectivity index (χ4n) is 7.71. The summed E-state index contributed by atoms with van der Waals surface area (Å²) in [4.78, 5) is 43.5. The number of primary amides is 1. The average molecular weight is 570 g/mol. The van der Waals surface area contributed by atoms with E-state index in [1.54, 1.807) is 20.2 Å². The number of ketones is 2. The molecule has 1 saturated heterocycles. The number of carbonyl (C=O) groups is 3. The first kappa shape index (κ1) is 29.1. The Morgan fingerprint density at radius 2 is 1.93 bits per heavy atom. The van der Waals surface area contributed by atoms with Crippen LogP contribution < -0.4 is 10.5 Å². The third-order valence-electron chi connectivity index (χ3n) is 9.39. The summed E-state index contributed by atoms with van der Waals surface area (Å²) in [6.07, 6.45) is 4.19. The fourth-order valence-corrected chi connectivity index (χ4v) is 7.71. The minimum atomic E-state index is -2.66. The number of aromatic hydroxyl groups is 1. The Morgan fingerprint density at radius 1 is 1.22 bits per heavy atom. The number of benzene rings is 1. The topological polar surface area (TPSA) is 174 Å². The smallest absolute Gasteiger partial charge is 0.255 e. The minimum Gasteiger partial charge on any atom is -0.510 e. The van der Waals surface area contributed by atoms with Crippen LogP contribution in [0, 0.1) is 11.8 Å². The number of aliphatic hydroxyl groups excluding tert-OH is 2. The van der Waals surface area contributed by atoms with Gasteiger partial charge in [-0.05, 0) is 71.3 Å². The van der Waals surface area contributed by atoms with Gasteiger partial charge >= 0.3 is 0 Å². The number of piperidine rings is 1. The zero-order chi connectivity index (χ0) is 30.0. The number of methoxy groups -OCH3 is 1. The van der Waals surface area contributed by atoms with Gasteiger partial charge in [-0.3, -0.25) is 24.2 Å². The Labute approximate surface area is 238 Å².